The van der Waals surface area contributed by atoms with E-state index in [4.69, 9.17) is 12.2 Å². The second-order valence-corrected chi connectivity index (χ2v) is 7.52. The number of aromatic amines is 1. The number of likely N-dealkylation sites (N-methyl/N-ethyl adjacent to an activating group) is 1. The third-order valence-electron chi connectivity index (χ3n) is 5.08. The summed E-state index contributed by atoms with van der Waals surface area (Å²) in [5.41, 5.74) is 3.93. The van der Waals surface area contributed by atoms with Crippen LogP contribution in [0.1, 0.15) is 37.5 Å². The monoisotopic (exact) mass is 389 g/mol. The fraction of sp³-hybridized carbons (Fsp3) is 0.524. The van der Waals surface area contributed by atoms with Crippen molar-refractivity contribution in [2.45, 2.75) is 41.2 Å². The summed E-state index contributed by atoms with van der Waals surface area (Å²) in [6.07, 6.45) is 0. The van der Waals surface area contributed by atoms with Gasteiger partial charge in [-0.15, -0.1) is 0 Å². The molecule has 0 aliphatic heterocycles. The Morgan fingerprint density at radius 3 is 2.52 bits per heavy atom. The zero-order valence-corrected chi connectivity index (χ0v) is 18.1. The third kappa shape index (κ3) is 5.53. The molecule has 0 radical (unpaired) electrons. The number of quaternary nitrogens is 1. The van der Waals surface area contributed by atoms with Gasteiger partial charge in [0.25, 0.3) is 5.56 Å². The van der Waals surface area contributed by atoms with E-state index in [0.717, 1.165) is 54.8 Å². The van der Waals surface area contributed by atoms with Gasteiger partial charge in [0.1, 0.15) is 0 Å². The van der Waals surface area contributed by atoms with E-state index in [-0.39, 0.29) is 5.56 Å². The molecular weight excluding hydrogens is 356 g/mol. The van der Waals surface area contributed by atoms with Crippen LogP contribution in [0.15, 0.2) is 23.0 Å². The van der Waals surface area contributed by atoms with Crippen molar-refractivity contribution in [3.63, 3.8) is 0 Å². The minimum Gasteiger partial charge on any atom is -0.363 e. The maximum absolute atomic E-state index is 12.7. The normalized spacial score (nSPS) is 11.2. The first-order valence-corrected chi connectivity index (χ1v) is 10.3. The highest BCUT2D eigenvalue weighted by atomic mass is 32.1. The molecule has 2 rings (SSSR count). The van der Waals surface area contributed by atoms with Crippen molar-refractivity contribution in [2.24, 2.45) is 0 Å². The van der Waals surface area contributed by atoms with E-state index in [2.05, 4.69) is 48.1 Å². The smallest absolute Gasteiger partial charge is 0.253 e. The van der Waals surface area contributed by atoms with Gasteiger partial charge in [-0.1, -0.05) is 11.6 Å². The van der Waals surface area contributed by atoms with E-state index >= 15 is 0 Å². The summed E-state index contributed by atoms with van der Waals surface area (Å²) in [4.78, 5) is 19.4. The second kappa shape index (κ2) is 9.85. The minimum atomic E-state index is -0.0334. The molecule has 3 N–H and O–H groups in total. The van der Waals surface area contributed by atoms with Crippen LogP contribution in [-0.2, 0) is 6.54 Å². The molecule has 27 heavy (non-hydrogen) atoms. The van der Waals surface area contributed by atoms with Crippen LogP contribution in [-0.4, -0.2) is 47.7 Å². The van der Waals surface area contributed by atoms with Gasteiger partial charge in [-0.25, -0.2) is 0 Å². The molecule has 0 saturated heterocycles. The second-order valence-electron chi connectivity index (χ2n) is 7.13. The van der Waals surface area contributed by atoms with Crippen LogP contribution in [0.2, 0.25) is 0 Å². The van der Waals surface area contributed by atoms with Crippen molar-refractivity contribution in [3.8, 4) is 0 Å². The Bertz CT molecular complexity index is 842. The molecule has 0 aliphatic carbocycles. The number of pyridine rings is 1. The van der Waals surface area contributed by atoms with Gasteiger partial charge in [0.05, 0.1) is 38.2 Å². The quantitative estimate of drug-likeness (QED) is 0.603. The number of thiocarbonyl (C=S) groups is 1. The SMILES string of the molecule is CCNC(=S)N(CC[NH+](CC)CC)Cc1cc2cc(C)cc(C)c2[nH]c1=O. The lowest BCUT2D eigenvalue weighted by molar-refractivity contribution is -0.895. The molecule has 0 unspecified atom stereocenters. The number of aryl methyl sites for hydroxylation is 2. The van der Waals surface area contributed by atoms with Crippen molar-refractivity contribution in [2.75, 3.05) is 32.7 Å². The first-order chi connectivity index (χ1) is 12.9. The van der Waals surface area contributed by atoms with Crippen LogP contribution in [0.25, 0.3) is 10.9 Å². The van der Waals surface area contributed by atoms with E-state index in [1.165, 1.54) is 10.5 Å². The number of hydrogen-bond acceptors (Lipinski definition) is 2. The molecular formula is C21H33N4OS+. The van der Waals surface area contributed by atoms with E-state index in [9.17, 15) is 4.79 Å². The number of aromatic nitrogens is 1. The fourth-order valence-electron chi connectivity index (χ4n) is 3.47. The summed E-state index contributed by atoms with van der Waals surface area (Å²) in [6.45, 7) is 15.9. The summed E-state index contributed by atoms with van der Waals surface area (Å²) in [6, 6.07) is 6.23. The molecule has 2 aromatic rings. The molecule has 148 valence electrons. The standard InChI is InChI=1S/C21H32N4OS/c1-6-22-21(27)25(10-9-24(7-2)8-3)14-18-13-17-12-15(4)11-16(5)19(17)23-20(18)26/h11-13H,6-10,14H2,1-5H3,(H,22,27)(H,23,26)/p+1. The Balaban J connectivity index is 2.31. The topological polar surface area (TPSA) is 52.6 Å². The number of benzene rings is 1. The fourth-order valence-corrected chi connectivity index (χ4v) is 3.77. The van der Waals surface area contributed by atoms with Gasteiger partial charge in [0, 0.05) is 12.1 Å². The molecule has 0 bridgehead atoms. The highest BCUT2D eigenvalue weighted by Crippen LogP contribution is 2.18. The molecule has 0 amide bonds. The lowest BCUT2D eigenvalue weighted by atomic mass is 10.1. The summed E-state index contributed by atoms with van der Waals surface area (Å²) in [5.74, 6) is 0. The zero-order valence-electron chi connectivity index (χ0n) is 17.2. The van der Waals surface area contributed by atoms with Gasteiger partial charge >= 0.3 is 0 Å². The molecule has 0 fully saturated rings. The van der Waals surface area contributed by atoms with Crippen LogP contribution in [0, 0.1) is 13.8 Å². The summed E-state index contributed by atoms with van der Waals surface area (Å²) in [5, 5.41) is 5.02. The number of H-pyrrole nitrogens is 1. The van der Waals surface area contributed by atoms with Gasteiger partial charge in [-0.3, -0.25) is 4.79 Å². The molecule has 1 aromatic heterocycles. The lowest BCUT2D eigenvalue weighted by Gasteiger charge is -2.27. The zero-order chi connectivity index (χ0) is 20.0. The summed E-state index contributed by atoms with van der Waals surface area (Å²) >= 11 is 5.57. The molecule has 1 aromatic carbocycles. The van der Waals surface area contributed by atoms with Gasteiger partial charge < -0.3 is 20.1 Å². The van der Waals surface area contributed by atoms with Crippen molar-refractivity contribution in [3.05, 3.63) is 45.2 Å². The van der Waals surface area contributed by atoms with E-state index < -0.39 is 0 Å². The number of fused-ring (bicyclic) bond motifs is 1. The third-order valence-corrected chi connectivity index (χ3v) is 5.48. The largest absolute Gasteiger partial charge is 0.363 e. The van der Waals surface area contributed by atoms with Crippen LogP contribution in [0.4, 0.5) is 0 Å². The van der Waals surface area contributed by atoms with Crippen LogP contribution in [0.3, 0.4) is 0 Å². The number of nitrogens with one attached hydrogen (secondary N) is 3. The summed E-state index contributed by atoms with van der Waals surface area (Å²) < 4.78 is 0. The predicted molar refractivity (Wildman–Crippen MR) is 118 cm³/mol. The van der Waals surface area contributed by atoms with Crippen molar-refractivity contribution < 1.29 is 4.90 Å². The number of hydrogen-bond donors (Lipinski definition) is 3. The highest BCUT2D eigenvalue weighted by Gasteiger charge is 2.15. The predicted octanol–water partition coefficient (Wildman–Crippen LogP) is 1.77. The average Bonchev–Trinajstić information content (AvgIpc) is 2.62. The molecule has 0 atom stereocenters. The summed E-state index contributed by atoms with van der Waals surface area (Å²) in [7, 11) is 0. The Morgan fingerprint density at radius 2 is 1.89 bits per heavy atom. The maximum atomic E-state index is 12.7. The Kier molecular flexibility index (Phi) is 7.80. The Morgan fingerprint density at radius 1 is 1.19 bits per heavy atom. The van der Waals surface area contributed by atoms with Gasteiger partial charge in [0.2, 0.25) is 0 Å². The molecule has 0 spiro atoms. The molecule has 0 saturated carbocycles. The Labute approximate surface area is 167 Å². The minimum absolute atomic E-state index is 0.0334. The first kappa shape index (κ1) is 21.4. The number of nitrogens with zero attached hydrogens (tertiary/aromatic N) is 1. The maximum Gasteiger partial charge on any atom is 0.253 e. The first-order valence-electron chi connectivity index (χ1n) is 9.89. The highest BCUT2D eigenvalue weighted by molar-refractivity contribution is 7.80. The van der Waals surface area contributed by atoms with Gasteiger partial charge in [-0.2, -0.15) is 0 Å². The van der Waals surface area contributed by atoms with Crippen molar-refractivity contribution in [1.29, 1.82) is 0 Å². The van der Waals surface area contributed by atoms with Crippen LogP contribution in [0.5, 0.6) is 0 Å². The van der Waals surface area contributed by atoms with Crippen molar-refractivity contribution >= 4 is 28.2 Å². The molecule has 5 nitrogen and oxygen atoms in total. The van der Waals surface area contributed by atoms with E-state index in [1.54, 1.807) is 0 Å². The molecule has 6 heteroatoms. The average molecular weight is 390 g/mol. The number of rotatable bonds is 8. The van der Waals surface area contributed by atoms with E-state index in [1.807, 2.05) is 19.9 Å². The molecule has 1 heterocycles. The molecule has 0 aliphatic rings. The lowest BCUT2D eigenvalue weighted by Crippen LogP contribution is -3.12. The van der Waals surface area contributed by atoms with Crippen LogP contribution < -0.4 is 15.8 Å². The Hall–Kier alpha value is -1.92. The van der Waals surface area contributed by atoms with Crippen molar-refractivity contribution in [1.82, 2.24) is 15.2 Å². The van der Waals surface area contributed by atoms with Gasteiger partial charge in [-0.05, 0) is 69.9 Å². The van der Waals surface area contributed by atoms with E-state index in [0.29, 0.717) is 11.7 Å². The van der Waals surface area contributed by atoms with Crippen LogP contribution >= 0.6 is 12.2 Å². The van der Waals surface area contributed by atoms with Gasteiger partial charge in [0.15, 0.2) is 5.11 Å².